The summed E-state index contributed by atoms with van der Waals surface area (Å²) in [5.41, 5.74) is 2.56. The maximum absolute atomic E-state index is 12.2. The zero-order valence-electron chi connectivity index (χ0n) is 14.6. The van der Waals surface area contributed by atoms with Crippen molar-refractivity contribution in [2.75, 3.05) is 5.75 Å². The number of carbonyl (C=O) groups is 1. The molecule has 0 aliphatic rings. The van der Waals surface area contributed by atoms with E-state index < -0.39 is 0 Å². The van der Waals surface area contributed by atoms with Crippen molar-refractivity contribution >= 4 is 40.9 Å². The Hall–Kier alpha value is -1.95. The van der Waals surface area contributed by atoms with E-state index in [-0.39, 0.29) is 11.9 Å². The van der Waals surface area contributed by atoms with Gasteiger partial charge in [-0.1, -0.05) is 41.4 Å². The SMILES string of the molecule is CC(NC(=O)CSCc1coc(-c2ccc(Cl)cc2)n1)c1ccccc1Cl. The number of oxazole rings is 1. The molecular formula is C20H18Cl2N2O2S. The molecule has 0 spiro atoms. The quantitative estimate of drug-likeness (QED) is 0.527. The van der Waals surface area contributed by atoms with Gasteiger partial charge in [-0.2, -0.15) is 0 Å². The molecule has 1 N–H and O–H groups in total. The van der Waals surface area contributed by atoms with Crippen LogP contribution in [-0.2, 0) is 10.5 Å². The van der Waals surface area contributed by atoms with Crippen LogP contribution < -0.4 is 5.32 Å². The Morgan fingerprint density at radius 3 is 2.67 bits per heavy atom. The zero-order valence-corrected chi connectivity index (χ0v) is 16.9. The van der Waals surface area contributed by atoms with Gasteiger partial charge in [-0.15, -0.1) is 11.8 Å². The van der Waals surface area contributed by atoms with Gasteiger partial charge in [0.1, 0.15) is 6.26 Å². The minimum atomic E-state index is -0.143. The predicted molar refractivity (Wildman–Crippen MR) is 111 cm³/mol. The summed E-state index contributed by atoms with van der Waals surface area (Å²) in [5.74, 6) is 1.41. The van der Waals surface area contributed by atoms with E-state index in [4.69, 9.17) is 27.6 Å². The number of thioether (sulfide) groups is 1. The second-order valence-corrected chi connectivity index (χ2v) is 7.78. The van der Waals surface area contributed by atoms with Crippen LogP contribution in [0, 0.1) is 0 Å². The molecule has 0 radical (unpaired) electrons. The molecule has 0 saturated carbocycles. The first kappa shape index (κ1) is 19.8. The third kappa shape index (κ3) is 5.51. The van der Waals surface area contributed by atoms with Gasteiger partial charge in [-0.25, -0.2) is 4.98 Å². The zero-order chi connectivity index (χ0) is 19.2. The number of carbonyl (C=O) groups excluding carboxylic acids is 1. The Labute approximate surface area is 172 Å². The second-order valence-electron chi connectivity index (χ2n) is 5.95. The first-order valence-corrected chi connectivity index (χ1v) is 10.3. The van der Waals surface area contributed by atoms with E-state index >= 15 is 0 Å². The van der Waals surface area contributed by atoms with Crippen molar-refractivity contribution in [1.82, 2.24) is 10.3 Å². The van der Waals surface area contributed by atoms with Gasteiger partial charge in [0.15, 0.2) is 0 Å². The van der Waals surface area contributed by atoms with Crippen LogP contribution in [0.1, 0.15) is 24.2 Å². The minimum Gasteiger partial charge on any atom is -0.444 e. The third-order valence-corrected chi connectivity index (χ3v) is 5.44. The molecule has 1 heterocycles. The number of halogens is 2. The molecule has 2 aromatic carbocycles. The molecule has 0 aliphatic carbocycles. The van der Waals surface area contributed by atoms with Crippen LogP contribution in [0.4, 0.5) is 0 Å². The van der Waals surface area contributed by atoms with Crippen molar-refractivity contribution in [2.45, 2.75) is 18.7 Å². The number of rotatable bonds is 7. The average Bonchev–Trinajstić information content (AvgIpc) is 3.11. The summed E-state index contributed by atoms with van der Waals surface area (Å²) < 4.78 is 5.50. The fraction of sp³-hybridized carbons (Fsp3) is 0.200. The first-order valence-electron chi connectivity index (χ1n) is 8.35. The van der Waals surface area contributed by atoms with Crippen LogP contribution in [0.15, 0.2) is 59.2 Å². The molecule has 1 atom stereocenters. The van der Waals surface area contributed by atoms with E-state index in [2.05, 4.69) is 10.3 Å². The van der Waals surface area contributed by atoms with Crippen LogP contribution in [0.5, 0.6) is 0 Å². The van der Waals surface area contributed by atoms with Crippen LogP contribution in [0.2, 0.25) is 10.0 Å². The van der Waals surface area contributed by atoms with E-state index in [1.807, 2.05) is 43.3 Å². The summed E-state index contributed by atoms with van der Waals surface area (Å²) >= 11 is 13.5. The second kappa shape index (κ2) is 9.31. The summed E-state index contributed by atoms with van der Waals surface area (Å²) in [7, 11) is 0. The van der Waals surface area contributed by atoms with Crippen molar-refractivity contribution in [3.05, 3.63) is 76.1 Å². The topological polar surface area (TPSA) is 55.1 Å². The van der Waals surface area contributed by atoms with Crippen LogP contribution >= 0.6 is 35.0 Å². The van der Waals surface area contributed by atoms with Gasteiger partial charge in [0.05, 0.1) is 17.5 Å². The summed E-state index contributed by atoms with van der Waals surface area (Å²) in [5, 5.41) is 4.27. The molecule has 0 saturated heterocycles. The number of nitrogens with zero attached hydrogens (tertiary/aromatic N) is 1. The van der Waals surface area contributed by atoms with Crippen LogP contribution in [0.25, 0.3) is 11.5 Å². The normalized spacial score (nSPS) is 12.0. The number of amides is 1. The number of nitrogens with one attached hydrogen (secondary N) is 1. The summed E-state index contributed by atoms with van der Waals surface area (Å²) in [6.45, 7) is 1.92. The molecule has 1 amide bonds. The van der Waals surface area contributed by atoms with E-state index in [1.165, 1.54) is 11.8 Å². The molecule has 4 nitrogen and oxygen atoms in total. The Morgan fingerprint density at radius 2 is 1.93 bits per heavy atom. The van der Waals surface area contributed by atoms with Crippen molar-refractivity contribution in [2.24, 2.45) is 0 Å². The molecule has 27 heavy (non-hydrogen) atoms. The monoisotopic (exact) mass is 420 g/mol. The van der Waals surface area contributed by atoms with Crippen molar-refractivity contribution in [3.8, 4) is 11.5 Å². The lowest BCUT2D eigenvalue weighted by Gasteiger charge is -2.15. The molecule has 7 heteroatoms. The number of hydrogen-bond donors (Lipinski definition) is 1. The molecule has 3 rings (SSSR count). The number of hydrogen-bond acceptors (Lipinski definition) is 4. The summed E-state index contributed by atoms with van der Waals surface area (Å²) in [4.78, 5) is 16.6. The van der Waals surface area contributed by atoms with Gasteiger partial charge in [0.2, 0.25) is 11.8 Å². The maximum Gasteiger partial charge on any atom is 0.230 e. The van der Waals surface area contributed by atoms with E-state index in [0.29, 0.717) is 27.4 Å². The van der Waals surface area contributed by atoms with Gasteiger partial charge >= 0.3 is 0 Å². The lowest BCUT2D eigenvalue weighted by Crippen LogP contribution is -2.28. The minimum absolute atomic E-state index is 0.0474. The highest BCUT2D eigenvalue weighted by molar-refractivity contribution is 7.99. The number of aromatic nitrogens is 1. The maximum atomic E-state index is 12.2. The third-order valence-electron chi connectivity index (χ3n) is 3.88. The molecule has 0 fully saturated rings. The molecule has 1 unspecified atom stereocenters. The summed E-state index contributed by atoms with van der Waals surface area (Å²) in [6.07, 6.45) is 1.61. The van der Waals surface area contributed by atoms with Gasteiger partial charge in [0, 0.05) is 21.4 Å². The Morgan fingerprint density at radius 1 is 1.19 bits per heavy atom. The van der Waals surface area contributed by atoms with Gasteiger partial charge in [-0.05, 0) is 42.8 Å². The molecule has 0 bridgehead atoms. The molecule has 1 aromatic heterocycles. The fourth-order valence-corrected chi connectivity index (χ4v) is 3.67. The molecule has 0 aliphatic heterocycles. The van der Waals surface area contributed by atoms with Gasteiger partial charge in [0.25, 0.3) is 0 Å². The smallest absolute Gasteiger partial charge is 0.230 e. The lowest BCUT2D eigenvalue weighted by molar-refractivity contribution is -0.119. The van der Waals surface area contributed by atoms with Crippen LogP contribution in [0.3, 0.4) is 0 Å². The highest BCUT2D eigenvalue weighted by Gasteiger charge is 2.13. The van der Waals surface area contributed by atoms with Crippen molar-refractivity contribution < 1.29 is 9.21 Å². The highest BCUT2D eigenvalue weighted by Crippen LogP contribution is 2.24. The van der Waals surface area contributed by atoms with Gasteiger partial charge < -0.3 is 9.73 Å². The van der Waals surface area contributed by atoms with Crippen molar-refractivity contribution in [3.63, 3.8) is 0 Å². The summed E-state index contributed by atoms with van der Waals surface area (Å²) in [6, 6.07) is 14.7. The fourth-order valence-electron chi connectivity index (χ4n) is 2.53. The Kier molecular flexibility index (Phi) is 6.83. The van der Waals surface area contributed by atoms with E-state index in [0.717, 1.165) is 16.8 Å². The predicted octanol–water partition coefficient (Wildman–Crippen LogP) is 5.76. The Bertz CT molecular complexity index is 912. The van der Waals surface area contributed by atoms with Crippen molar-refractivity contribution in [1.29, 1.82) is 0 Å². The van der Waals surface area contributed by atoms with Gasteiger partial charge in [-0.3, -0.25) is 4.79 Å². The highest BCUT2D eigenvalue weighted by atomic mass is 35.5. The molecule has 3 aromatic rings. The van der Waals surface area contributed by atoms with E-state index in [9.17, 15) is 4.79 Å². The molecule has 140 valence electrons. The molecular weight excluding hydrogens is 403 g/mol. The van der Waals surface area contributed by atoms with E-state index in [1.54, 1.807) is 18.4 Å². The average molecular weight is 421 g/mol. The standard InChI is InChI=1S/C20H18Cl2N2O2S/c1-13(17-4-2-3-5-18(17)22)23-19(25)12-27-11-16-10-26-20(24-16)14-6-8-15(21)9-7-14/h2-10,13H,11-12H2,1H3,(H,23,25). The number of benzene rings is 2. The first-order chi connectivity index (χ1) is 13.0. The lowest BCUT2D eigenvalue weighted by atomic mass is 10.1. The largest absolute Gasteiger partial charge is 0.444 e. The Balaban J connectivity index is 1.48. The van der Waals surface area contributed by atoms with Crippen LogP contribution in [-0.4, -0.2) is 16.6 Å².